The van der Waals surface area contributed by atoms with E-state index in [2.05, 4.69) is 32.7 Å². The van der Waals surface area contributed by atoms with Crippen LogP contribution in [0.4, 0.5) is 0 Å². The predicted octanol–water partition coefficient (Wildman–Crippen LogP) is 3.05. The second-order valence-corrected chi connectivity index (χ2v) is 5.78. The zero-order valence-electron chi connectivity index (χ0n) is 11.4. The Balaban J connectivity index is 2.59. The molecule has 96 valence electrons. The Labute approximate surface area is 101 Å². The van der Waals surface area contributed by atoms with E-state index < -0.39 is 0 Å². The number of hydrogen-bond donors (Lipinski definition) is 1. The fourth-order valence-electron chi connectivity index (χ4n) is 2.69. The van der Waals surface area contributed by atoms with E-state index in [1.54, 1.807) is 0 Å². The third-order valence-electron chi connectivity index (χ3n) is 4.32. The standard InChI is InChI=1S/C14H29NO/c1-11(2)12(3)15(4)13-9-7-5-6-8-10-14(13)16/h11-14,16H,5-10H2,1-4H3. The molecule has 16 heavy (non-hydrogen) atoms. The molecule has 0 aromatic rings. The van der Waals surface area contributed by atoms with Crippen molar-refractivity contribution in [1.82, 2.24) is 4.90 Å². The number of nitrogens with zero attached hydrogens (tertiary/aromatic N) is 1. The van der Waals surface area contributed by atoms with E-state index >= 15 is 0 Å². The Bertz CT molecular complexity index is 193. The van der Waals surface area contributed by atoms with E-state index in [9.17, 15) is 5.11 Å². The Morgan fingerprint density at radius 2 is 1.56 bits per heavy atom. The van der Waals surface area contributed by atoms with Crippen LogP contribution in [0, 0.1) is 5.92 Å². The van der Waals surface area contributed by atoms with Crippen LogP contribution >= 0.6 is 0 Å². The molecule has 0 radical (unpaired) electrons. The molecule has 1 aliphatic carbocycles. The zero-order valence-corrected chi connectivity index (χ0v) is 11.4. The van der Waals surface area contributed by atoms with Gasteiger partial charge in [-0.1, -0.05) is 39.5 Å². The normalized spacial score (nSPS) is 30.2. The minimum absolute atomic E-state index is 0.119. The van der Waals surface area contributed by atoms with Crippen molar-refractivity contribution < 1.29 is 5.11 Å². The molecule has 0 amide bonds. The van der Waals surface area contributed by atoms with Gasteiger partial charge in [-0.3, -0.25) is 4.90 Å². The molecule has 0 spiro atoms. The highest BCUT2D eigenvalue weighted by Gasteiger charge is 2.28. The SMILES string of the molecule is CC(C)C(C)N(C)C1CCCCCCC1O. The summed E-state index contributed by atoms with van der Waals surface area (Å²) in [5, 5.41) is 10.2. The van der Waals surface area contributed by atoms with Gasteiger partial charge in [0.05, 0.1) is 6.10 Å². The molecular formula is C14H29NO. The van der Waals surface area contributed by atoms with Crippen LogP contribution in [0.1, 0.15) is 59.3 Å². The summed E-state index contributed by atoms with van der Waals surface area (Å²) in [6, 6.07) is 0.928. The minimum Gasteiger partial charge on any atom is -0.391 e. The lowest BCUT2D eigenvalue weighted by Crippen LogP contribution is -2.47. The maximum atomic E-state index is 10.2. The molecule has 2 nitrogen and oxygen atoms in total. The van der Waals surface area contributed by atoms with E-state index in [4.69, 9.17) is 0 Å². The summed E-state index contributed by atoms with van der Waals surface area (Å²) in [6.07, 6.45) is 7.14. The van der Waals surface area contributed by atoms with E-state index in [-0.39, 0.29) is 6.10 Å². The highest BCUT2D eigenvalue weighted by Crippen LogP contribution is 2.24. The van der Waals surface area contributed by atoms with Crippen LogP contribution in [0.3, 0.4) is 0 Å². The monoisotopic (exact) mass is 227 g/mol. The summed E-state index contributed by atoms with van der Waals surface area (Å²) < 4.78 is 0. The Hall–Kier alpha value is -0.0800. The average molecular weight is 227 g/mol. The van der Waals surface area contributed by atoms with Crippen LogP contribution in [0.25, 0.3) is 0 Å². The van der Waals surface area contributed by atoms with Gasteiger partial charge in [-0.15, -0.1) is 0 Å². The van der Waals surface area contributed by atoms with Crippen molar-refractivity contribution in [3.63, 3.8) is 0 Å². The van der Waals surface area contributed by atoms with Gasteiger partial charge >= 0.3 is 0 Å². The van der Waals surface area contributed by atoms with E-state index in [0.29, 0.717) is 18.0 Å². The Kier molecular flexibility index (Phi) is 5.77. The van der Waals surface area contributed by atoms with E-state index in [0.717, 1.165) is 12.8 Å². The molecule has 1 saturated carbocycles. The smallest absolute Gasteiger partial charge is 0.0695 e. The van der Waals surface area contributed by atoms with Gasteiger partial charge < -0.3 is 5.11 Å². The average Bonchev–Trinajstić information content (AvgIpc) is 2.22. The highest BCUT2D eigenvalue weighted by molar-refractivity contribution is 4.82. The zero-order chi connectivity index (χ0) is 12.1. The van der Waals surface area contributed by atoms with Crippen LogP contribution in [-0.2, 0) is 0 Å². The third-order valence-corrected chi connectivity index (χ3v) is 4.32. The van der Waals surface area contributed by atoms with Crippen molar-refractivity contribution in [3.05, 3.63) is 0 Å². The summed E-state index contributed by atoms with van der Waals surface area (Å²) in [4.78, 5) is 2.40. The largest absolute Gasteiger partial charge is 0.391 e. The van der Waals surface area contributed by atoms with Crippen molar-refractivity contribution in [1.29, 1.82) is 0 Å². The molecule has 0 aromatic heterocycles. The lowest BCUT2D eigenvalue weighted by molar-refractivity contribution is 0.0177. The van der Waals surface area contributed by atoms with Crippen molar-refractivity contribution in [3.8, 4) is 0 Å². The number of likely N-dealkylation sites (N-methyl/N-ethyl adjacent to an activating group) is 1. The highest BCUT2D eigenvalue weighted by atomic mass is 16.3. The summed E-state index contributed by atoms with van der Waals surface area (Å²) in [6.45, 7) is 6.79. The topological polar surface area (TPSA) is 23.5 Å². The number of rotatable bonds is 3. The van der Waals surface area contributed by atoms with Crippen LogP contribution in [0.5, 0.6) is 0 Å². The van der Waals surface area contributed by atoms with Gasteiger partial charge in [0.1, 0.15) is 0 Å². The Morgan fingerprint density at radius 1 is 1.00 bits per heavy atom. The van der Waals surface area contributed by atoms with Crippen molar-refractivity contribution in [2.24, 2.45) is 5.92 Å². The quantitative estimate of drug-likeness (QED) is 0.801. The summed E-state index contributed by atoms with van der Waals surface area (Å²) in [5.41, 5.74) is 0. The van der Waals surface area contributed by atoms with Crippen LogP contribution in [0.15, 0.2) is 0 Å². The first-order valence-corrected chi connectivity index (χ1v) is 6.94. The van der Waals surface area contributed by atoms with Gasteiger partial charge in [0.2, 0.25) is 0 Å². The molecule has 0 heterocycles. The van der Waals surface area contributed by atoms with Gasteiger partial charge in [0, 0.05) is 12.1 Å². The number of aliphatic hydroxyl groups is 1. The molecule has 1 fully saturated rings. The summed E-state index contributed by atoms with van der Waals surface area (Å²) in [7, 11) is 2.18. The van der Waals surface area contributed by atoms with Gasteiger partial charge in [0.15, 0.2) is 0 Å². The first-order valence-electron chi connectivity index (χ1n) is 6.94. The molecular weight excluding hydrogens is 198 g/mol. The van der Waals surface area contributed by atoms with Crippen LogP contribution in [0.2, 0.25) is 0 Å². The molecule has 3 atom stereocenters. The van der Waals surface area contributed by atoms with Gasteiger partial charge in [-0.25, -0.2) is 0 Å². The molecule has 2 heteroatoms. The second-order valence-electron chi connectivity index (χ2n) is 5.78. The molecule has 1 N–H and O–H groups in total. The Morgan fingerprint density at radius 3 is 2.12 bits per heavy atom. The fraction of sp³-hybridized carbons (Fsp3) is 1.00. The molecule has 0 aromatic carbocycles. The summed E-state index contributed by atoms with van der Waals surface area (Å²) in [5.74, 6) is 0.655. The van der Waals surface area contributed by atoms with E-state index in [1.807, 2.05) is 0 Å². The summed E-state index contributed by atoms with van der Waals surface area (Å²) >= 11 is 0. The van der Waals surface area contributed by atoms with Crippen molar-refractivity contribution >= 4 is 0 Å². The number of aliphatic hydroxyl groups excluding tert-OH is 1. The lowest BCUT2D eigenvalue weighted by Gasteiger charge is -2.38. The lowest BCUT2D eigenvalue weighted by atomic mass is 9.91. The minimum atomic E-state index is -0.119. The molecule has 0 saturated heterocycles. The van der Waals surface area contributed by atoms with Gasteiger partial charge in [0.25, 0.3) is 0 Å². The second kappa shape index (κ2) is 6.61. The fourth-order valence-corrected chi connectivity index (χ4v) is 2.69. The molecule has 0 aliphatic heterocycles. The van der Waals surface area contributed by atoms with Gasteiger partial charge in [-0.2, -0.15) is 0 Å². The molecule has 0 bridgehead atoms. The maximum Gasteiger partial charge on any atom is 0.0695 e. The maximum absolute atomic E-state index is 10.2. The molecule has 3 unspecified atom stereocenters. The first kappa shape index (κ1) is 14.0. The predicted molar refractivity (Wildman–Crippen MR) is 69.6 cm³/mol. The first-order chi connectivity index (χ1) is 7.54. The van der Waals surface area contributed by atoms with E-state index in [1.165, 1.54) is 25.7 Å². The van der Waals surface area contributed by atoms with Crippen molar-refractivity contribution in [2.45, 2.75) is 77.5 Å². The number of hydrogen-bond acceptors (Lipinski definition) is 2. The van der Waals surface area contributed by atoms with Crippen LogP contribution in [-0.4, -0.2) is 35.2 Å². The molecule has 1 aliphatic rings. The van der Waals surface area contributed by atoms with Gasteiger partial charge in [-0.05, 0) is 32.7 Å². The van der Waals surface area contributed by atoms with Crippen LogP contribution < -0.4 is 0 Å². The van der Waals surface area contributed by atoms with Crippen molar-refractivity contribution in [2.75, 3.05) is 7.05 Å². The third kappa shape index (κ3) is 3.74. The molecule has 1 rings (SSSR count).